The molecule has 0 saturated heterocycles. The summed E-state index contributed by atoms with van der Waals surface area (Å²) in [6.07, 6.45) is -0.370. The van der Waals surface area contributed by atoms with Crippen LogP contribution in [0.25, 0.3) is 0 Å². The minimum Gasteiger partial charge on any atom is -0.389 e. The normalized spacial score (nSPS) is 13.4. The van der Waals surface area contributed by atoms with E-state index in [9.17, 15) is 5.11 Å². The zero-order valence-corrected chi connectivity index (χ0v) is 10.4. The van der Waals surface area contributed by atoms with Crippen molar-refractivity contribution < 1.29 is 5.11 Å². The van der Waals surface area contributed by atoms with Crippen LogP contribution in [0.3, 0.4) is 0 Å². The average molecular weight is 290 g/mol. The molecule has 0 aliphatic carbocycles. The lowest BCUT2D eigenvalue weighted by Gasteiger charge is -2.14. The molecule has 1 nitrogen and oxygen atoms in total. The number of aliphatic hydroxyl groups excluding tert-OH is 1. The van der Waals surface area contributed by atoms with Crippen molar-refractivity contribution in [1.82, 2.24) is 0 Å². The van der Waals surface area contributed by atoms with Crippen molar-refractivity contribution in [2.24, 2.45) is 0 Å². The maximum atomic E-state index is 9.51. The van der Waals surface area contributed by atoms with Crippen LogP contribution in [0, 0.1) is 3.57 Å². The molecule has 0 amide bonds. The van der Waals surface area contributed by atoms with Crippen molar-refractivity contribution in [3.05, 3.63) is 32.9 Å². The topological polar surface area (TPSA) is 20.2 Å². The first-order valence-corrected chi connectivity index (χ1v) is 5.58. The van der Waals surface area contributed by atoms with Gasteiger partial charge >= 0.3 is 0 Å². The van der Waals surface area contributed by atoms with E-state index in [0.29, 0.717) is 5.92 Å². The molecule has 1 rings (SSSR count). The molecule has 1 unspecified atom stereocenters. The second-order valence-electron chi connectivity index (χ2n) is 3.58. The first-order valence-electron chi connectivity index (χ1n) is 4.50. The predicted molar refractivity (Wildman–Crippen MR) is 63.9 cm³/mol. The van der Waals surface area contributed by atoms with Crippen molar-refractivity contribution in [3.63, 3.8) is 0 Å². The summed E-state index contributed by atoms with van der Waals surface area (Å²) in [6, 6.07) is 6.12. The average Bonchev–Trinajstić information content (AvgIpc) is 2.03. The lowest BCUT2D eigenvalue weighted by Crippen LogP contribution is -2.00. The van der Waals surface area contributed by atoms with E-state index in [2.05, 4.69) is 42.5 Å². The Bertz CT molecular complexity index is 266. The SMILES string of the molecule is CC(C)c1cccc(C(C)O)c1I. The first kappa shape index (κ1) is 11.0. The van der Waals surface area contributed by atoms with E-state index >= 15 is 0 Å². The molecule has 0 aliphatic heterocycles. The van der Waals surface area contributed by atoms with Crippen LogP contribution in [-0.4, -0.2) is 5.11 Å². The second kappa shape index (κ2) is 4.42. The summed E-state index contributed by atoms with van der Waals surface area (Å²) in [7, 11) is 0. The summed E-state index contributed by atoms with van der Waals surface area (Å²) in [5, 5.41) is 9.51. The number of halogens is 1. The van der Waals surface area contributed by atoms with E-state index in [0.717, 1.165) is 5.56 Å². The van der Waals surface area contributed by atoms with Gasteiger partial charge in [-0.15, -0.1) is 0 Å². The standard InChI is InChI=1S/C11H15IO/c1-7(2)9-5-4-6-10(8(3)13)11(9)12/h4-8,13H,1-3H3. The van der Waals surface area contributed by atoms with Crippen LogP contribution in [0.15, 0.2) is 18.2 Å². The van der Waals surface area contributed by atoms with Crippen LogP contribution in [0.1, 0.15) is 43.9 Å². The van der Waals surface area contributed by atoms with E-state index in [1.54, 1.807) is 0 Å². The van der Waals surface area contributed by atoms with Crippen molar-refractivity contribution in [2.45, 2.75) is 32.8 Å². The van der Waals surface area contributed by atoms with Crippen LogP contribution in [0.4, 0.5) is 0 Å². The van der Waals surface area contributed by atoms with Gasteiger partial charge in [0.15, 0.2) is 0 Å². The third kappa shape index (κ3) is 2.44. The molecule has 0 fully saturated rings. The van der Waals surface area contributed by atoms with Crippen molar-refractivity contribution >= 4 is 22.6 Å². The zero-order valence-electron chi connectivity index (χ0n) is 8.21. The minimum absolute atomic E-state index is 0.370. The fourth-order valence-electron chi connectivity index (χ4n) is 1.34. The molecule has 1 aromatic carbocycles. The van der Waals surface area contributed by atoms with Gasteiger partial charge in [-0.3, -0.25) is 0 Å². The highest BCUT2D eigenvalue weighted by atomic mass is 127. The molecule has 0 aromatic heterocycles. The third-order valence-electron chi connectivity index (χ3n) is 2.13. The molecule has 0 radical (unpaired) electrons. The summed E-state index contributed by atoms with van der Waals surface area (Å²) in [4.78, 5) is 0. The molecule has 0 bridgehead atoms. The van der Waals surface area contributed by atoms with Crippen molar-refractivity contribution in [1.29, 1.82) is 0 Å². The number of aliphatic hydroxyl groups is 1. The summed E-state index contributed by atoms with van der Waals surface area (Å²) < 4.78 is 1.20. The van der Waals surface area contributed by atoms with Gasteiger partial charge in [-0.25, -0.2) is 0 Å². The Morgan fingerprint density at radius 3 is 2.15 bits per heavy atom. The summed E-state index contributed by atoms with van der Waals surface area (Å²) in [5.74, 6) is 0.519. The first-order chi connectivity index (χ1) is 6.04. The van der Waals surface area contributed by atoms with Gasteiger partial charge in [0.1, 0.15) is 0 Å². The maximum absolute atomic E-state index is 9.51. The molecular formula is C11H15IO. The monoisotopic (exact) mass is 290 g/mol. The molecule has 0 spiro atoms. The second-order valence-corrected chi connectivity index (χ2v) is 4.66. The Hall–Kier alpha value is -0.0900. The van der Waals surface area contributed by atoms with E-state index in [1.165, 1.54) is 9.13 Å². The number of benzene rings is 1. The fraction of sp³-hybridized carbons (Fsp3) is 0.455. The van der Waals surface area contributed by atoms with E-state index in [1.807, 2.05) is 19.1 Å². The van der Waals surface area contributed by atoms with Gasteiger partial charge in [0.2, 0.25) is 0 Å². The Labute approximate surface area is 93.3 Å². The van der Waals surface area contributed by atoms with E-state index in [4.69, 9.17) is 0 Å². The molecule has 0 heterocycles. The third-order valence-corrected chi connectivity index (χ3v) is 3.38. The Morgan fingerprint density at radius 2 is 1.69 bits per heavy atom. The fourth-order valence-corrected chi connectivity index (χ4v) is 2.77. The number of hydrogen-bond donors (Lipinski definition) is 1. The molecule has 0 saturated carbocycles. The van der Waals surface area contributed by atoms with Crippen LogP contribution in [0.5, 0.6) is 0 Å². The highest BCUT2D eigenvalue weighted by Gasteiger charge is 2.11. The van der Waals surface area contributed by atoms with Gasteiger partial charge in [-0.1, -0.05) is 32.0 Å². The van der Waals surface area contributed by atoms with Gasteiger partial charge in [-0.05, 0) is 46.6 Å². The van der Waals surface area contributed by atoms with Crippen LogP contribution < -0.4 is 0 Å². The van der Waals surface area contributed by atoms with Gasteiger partial charge in [0, 0.05) is 3.57 Å². The lowest BCUT2D eigenvalue weighted by atomic mass is 9.99. The molecule has 2 heteroatoms. The minimum atomic E-state index is -0.370. The van der Waals surface area contributed by atoms with Gasteiger partial charge in [0.25, 0.3) is 0 Å². The smallest absolute Gasteiger partial charge is 0.0772 e. The summed E-state index contributed by atoms with van der Waals surface area (Å²) in [6.45, 7) is 6.15. The quantitative estimate of drug-likeness (QED) is 0.827. The Kier molecular flexibility index (Phi) is 3.74. The number of rotatable bonds is 2. The highest BCUT2D eigenvalue weighted by molar-refractivity contribution is 14.1. The molecule has 0 aliphatic rings. The Balaban J connectivity index is 3.18. The molecular weight excluding hydrogens is 275 g/mol. The van der Waals surface area contributed by atoms with Gasteiger partial charge in [-0.2, -0.15) is 0 Å². The molecule has 13 heavy (non-hydrogen) atoms. The maximum Gasteiger partial charge on any atom is 0.0772 e. The van der Waals surface area contributed by atoms with E-state index in [-0.39, 0.29) is 6.10 Å². The van der Waals surface area contributed by atoms with Gasteiger partial charge in [0.05, 0.1) is 6.10 Å². The highest BCUT2D eigenvalue weighted by Crippen LogP contribution is 2.27. The van der Waals surface area contributed by atoms with Crippen LogP contribution in [0.2, 0.25) is 0 Å². The van der Waals surface area contributed by atoms with Crippen molar-refractivity contribution in [3.8, 4) is 0 Å². The van der Waals surface area contributed by atoms with Crippen LogP contribution >= 0.6 is 22.6 Å². The predicted octanol–water partition coefficient (Wildman–Crippen LogP) is 3.47. The Morgan fingerprint density at radius 1 is 1.15 bits per heavy atom. The summed E-state index contributed by atoms with van der Waals surface area (Å²) in [5.41, 5.74) is 2.35. The van der Waals surface area contributed by atoms with Gasteiger partial charge < -0.3 is 5.11 Å². The lowest BCUT2D eigenvalue weighted by molar-refractivity contribution is 0.198. The summed E-state index contributed by atoms with van der Waals surface area (Å²) >= 11 is 2.31. The largest absolute Gasteiger partial charge is 0.389 e. The van der Waals surface area contributed by atoms with Crippen LogP contribution in [-0.2, 0) is 0 Å². The molecule has 1 atom stereocenters. The zero-order chi connectivity index (χ0) is 10.0. The molecule has 1 N–H and O–H groups in total. The number of hydrogen-bond acceptors (Lipinski definition) is 1. The van der Waals surface area contributed by atoms with Crippen molar-refractivity contribution in [2.75, 3.05) is 0 Å². The molecule has 1 aromatic rings. The molecule has 72 valence electrons. The van der Waals surface area contributed by atoms with E-state index < -0.39 is 0 Å².